The minimum Gasteiger partial charge on any atom is -0.481 e. The van der Waals surface area contributed by atoms with Gasteiger partial charge in [-0.1, -0.05) is 13.3 Å². The van der Waals surface area contributed by atoms with Gasteiger partial charge in [0.2, 0.25) is 35.5 Å². The van der Waals surface area contributed by atoms with Gasteiger partial charge in [0.05, 0.1) is 37.7 Å². The smallest absolute Gasteiger partial charge is 0.327 e. The number of aromatic amines is 1. The third-order valence-corrected chi connectivity index (χ3v) is 10.1. The number of H-pyrrole nitrogens is 1. The molecular formula is C40H53N15O15S. The van der Waals surface area contributed by atoms with E-state index in [0.717, 1.165) is 0 Å². The van der Waals surface area contributed by atoms with Crippen molar-refractivity contribution < 1.29 is 68.4 Å². The van der Waals surface area contributed by atoms with Crippen LogP contribution in [0.3, 0.4) is 0 Å². The van der Waals surface area contributed by atoms with Gasteiger partial charge in [-0.25, -0.2) is 14.8 Å². The summed E-state index contributed by atoms with van der Waals surface area (Å²) in [5.41, 5.74) is 16.7. The van der Waals surface area contributed by atoms with Crippen LogP contribution in [0.5, 0.6) is 0 Å². The Labute approximate surface area is 406 Å². The average molecular weight is 1020 g/mol. The van der Waals surface area contributed by atoms with E-state index < -0.39 is 126 Å². The number of carbonyl (C=O) groups is 10. The highest BCUT2D eigenvalue weighted by Gasteiger charge is 2.35. The number of aromatic nitrogens is 4. The van der Waals surface area contributed by atoms with Crippen LogP contribution in [0.1, 0.15) is 67.9 Å². The maximum atomic E-state index is 13.8. The number of aliphatic carboxylic acids is 4. The molecule has 0 aliphatic carbocycles. The van der Waals surface area contributed by atoms with E-state index in [9.17, 15) is 73.2 Å². The van der Waals surface area contributed by atoms with Crippen molar-refractivity contribution in [3.8, 4) is 0 Å². The summed E-state index contributed by atoms with van der Waals surface area (Å²) in [6.45, 7) is 1.66. The molecule has 0 saturated heterocycles. The summed E-state index contributed by atoms with van der Waals surface area (Å²) in [5, 5.41) is 54.1. The Hall–Kier alpha value is -8.64. The van der Waals surface area contributed by atoms with Crippen LogP contribution in [0.4, 0.5) is 11.6 Å². The van der Waals surface area contributed by atoms with Crippen LogP contribution in [0.15, 0.2) is 40.2 Å². The molecule has 0 unspecified atom stereocenters. The van der Waals surface area contributed by atoms with Crippen LogP contribution in [0.2, 0.25) is 0 Å². The van der Waals surface area contributed by atoms with E-state index in [2.05, 4.69) is 64.1 Å². The zero-order valence-corrected chi connectivity index (χ0v) is 38.6. The monoisotopic (exact) mass is 1020 g/mol. The van der Waals surface area contributed by atoms with E-state index in [1.807, 2.05) is 10.6 Å². The van der Waals surface area contributed by atoms with Crippen molar-refractivity contribution in [1.82, 2.24) is 51.8 Å². The molecule has 0 radical (unpaired) electrons. The highest BCUT2D eigenvalue weighted by atomic mass is 32.1. The van der Waals surface area contributed by atoms with Crippen LogP contribution < -0.4 is 60.0 Å². The van der Waals surface area contributed by atoms with Gasteiger partial charge in [0.25, 0.3) is 11.5 Å². The number of nitrogens with two attached hydrogens (primary N) is 3. The number of amides is 6. The molecule has 30 nitrogen and oxygen atoms in total. The Morgan fingerprint density at radius 3 is 1.63 bits per heavy atom. The van der Waals surface area contributed by atoms with Crippen molar-refractivity contribution in [3.05, 3.63) is 52.1 Å². The number of hydrogen-bond acceptors (Lipinski definition) is 18. The molecule has 0 aliphatic heterocycles. The fraction of sp³-hybridized carbons (Fsp3) is 0.425. The number of rotatable bonds is 29. The molecule has 3 rings (SSSR count). The summed E-state index contributed by atoms with van der Waals surface area (Å²) in [4.78, 5) is 158. The molecule has 6 amide bonds. The zero-order chi connectivity index (χ0) is 52.9. The second-order valence-electron chi connectivity index (χ2n) is 15.3. The van der Waals surface area contributed by atoms with Gasteiger partial charge in [-0.15, -0.1) is 0 Å². The normalized spacial score (nSPS) is 13.3. The quantitative estimate of drug-likeness (QED) is 0.0135. The number of anilines is 2. The van der Waals surface area contributed by atoms with Crippen LogP contribution in [-0.2, 0) is 49.7 Å². The Morgan fingerprint density at radius 1 is 0.690 bits per heavy atom. The van der Waals surface area contributed by atoms with Crippen LogP contribution in [-0.4, -0.2) is 154 Å². The molecular weight excluding hydrogens is 963 g/mol. The first-order chi connectivity index (χ1) is 33.5. The number of hydrogen-bond donors (Lipinski definition) is 16. The van der Waals surface area contributed by atoms with Gasteiger partial charge in [-0.05, 0) is 43.5 Å². The summed E-state index contributed by atoms with van der Waals surface area (Å²) in [6, 6.07) is -4.72. The molecule has 2 heterocycles. The summed E-state index contributed by atoms with van der Waals surface area (Å²) in [6.07, 6.45) is -2.07. The van der Waals surface area contributed by atoms with E-state index >= 15 is 0 Å². The third-order valence-electron chi connectivity index (χ3n) is 9.72. The number of carboxylic acids is 4. The van der Waals surface area contributed by atoms with Gasteiger partial charge < -0.3 is 74.8 Å². The van der Waals surface area contributed by atoms with Gasteiger partial charge in [0.15, 0.2) is 17.1 Å². The number of aliphatic imine (C=N–C) groups is 1. The molecule has 0 aliphatic rings. The maximum absolute atomic E-state index is 13.8. The van der Waals surface area contributed by atoms with E-state index in [4.69, 9.17) is 17.2 Å². The highest BCUT2D eigenvalue weighted by Crippen LogP contribution is 2.13. The predicted octanol–water partition coefficient (Wildman–Crippen LogP) is -4.28. The molecule has 31 heteroatoms. The van der Waals surface area contributed by atoms with Gasteiger partial charge >= 0.3 is 23.9 Å². The Morgan fingerprint density at radius 2 is 1.17 bits per heavy atom. The van der Waals surface area contributed by atoms with Crippen LogP contribution in [0, 0.1) is 0 Å². The number of benzene rings is 1. The molecule has 1 aromatic carbocycles. The fourth-order valence-corrected chi connectivity index (χ4v) is 6.51. The summed E-state index contributed by atoms with van der Waals surface area (Å²) in [5.74, 6) is -14.4. The second-order valence-corrected chi connectivity index (χ2v) is 15.7. The predicted molar refractivity (Wildman–Crippen MR) is 250 cm³/mol. The molecule has 0 bridgehead atoms. The standard InChI is InChI=1S/C40H53N15O15S/c1-2-4-20(48-31(62)17-6-8-18(9-7-17)45-14-19-15-46-30-29(47-19)37(68)55-40(43)54-30)32(63)50-22(11-26(56)57)34(65)49-21(5-3-10-44-39(41)42)33(64)51-23(12-27(58)59)35(66)52-24(13-28(60)61)36(67)53-25(16-71)38(69)70/h6-9,15,20-25,45,71H,2-5,10-14,16H2,1H3,(H,48,62)(H,49,65)(H,50,63)(H,51,64)(H,52,66)(H,53,67)(H,56,57)(H,58,59)(H,60,61)(H,69,70)(H4,41,42,44)(H3,43,46,54,55,68)/t20-,21-,22-,23-,24-,25-/m0/s1. The molecule has 18 N–H and O–H groups in total. The number of guanidine groups is 1. The lowest BCUT2D eigenvalue weighted by molar-refractivity contribution is -0.144. The van der Waals surface area contributed by atoms with Gasteiger partial charge in [-0.3, -0.25) is 57.9 Å². The van der Waals surface area contributed by atoms with Crippen molar-refractivity contribution >= 4 is 101 Å². The lowest BCUT2D eigenvalue weighted by Gasteiger charge is -2.26. The van der Waals surface area contributed by atoms with E-state index in [-0.39, 0.29) is 61.0 Å². The lowest BCUT2D eigenvalue weighted by Crippen LogP contribution is -2.60. The van der Waals surface area contributed by atoms with Crippen molar-refractivity contribution in [2.24, 2.45) is 16.5 Å². The van der Waals surface area contributed by atoms with Crippen molar-refractivity contribution in [2.75, 3.05) is 23.3 Å². The number of nitrogens with zero attached hydrogens (tertiary/aromatic N) is 4. The molecule has 3 aromatic rings. The lowest BCUT2D eigenvalue weighted by atomic mass is 10.1. The molecule has 2 aromatic heterocycles. The van der Waals surface area contributed by atoms with Crippen LogP contribution >= 0.6 is 12.6 Å². The minimum absolute atomic E-state index is 0.00350. The molecule has 6 atom stereocenters. The number of nitrogens with one attached hydrogen (secondary N) is 8. The fourth-order valence-electron chi connectivity index (χ4n) is 6.26. The first-order valence-corrected chi connectivity index (χ1v) is 21.9. The molecule has 384 valence electrons. The molecule has 0 fully saturated rings. The van der Waals surface area contributed by atoms with Gasteiger partial charge in [-0.2, -0.15) is 17.6 Å². The van der Waals surface area contributed by atoms with Gasteiger partial charge in [0.1, 0.15) is 36.3 Å². The van der Waals surface area contributed by atoms with E-state index in [1.54, 1.807) is 19.1 Å². The number of fused-ring (bicyclic) bond motifs is 1. The zero-order valence-electron chi connectivity index (χ0n) is 37.7. The third kappa shape index (κ3) is 18.8. The first kappa shape index (κ1) is 56.7. The summed E-state index contributed by atoms with van der Waals surface area (Å²) >= 11 is 3.80. The number of nitrogen functional groups attached to an aromatic ring is 1. The average Bonchev–Trinajstić information content (AvgIpc) is 3.29. The van der Waals surface area contributed by atoms with Crippen molar-refractivity contribution in [3.63, 3.8) is 0 Å². The van der Waals surface area contributed by atoms with Crippen molar-refractivity contribution in [1.29, 1.82) is 0 Å². The topological polar surface area (TPSA) is 498 Å². The number of carbonyl (C=O) groups excluding carboxylic acids is 6. The Balaban J connectivity index is 1.78. The van der Waals surface area contributed by atoms with Crippen molar-refractivity contribution in [2.45, 2.75) is 94.7 Å². The molecule has 0 spiro atoms. The van der Waals surface area contributed by atoms with Crippen LogP contribution in [0.25, 0.3) is 11.2 Å². The molecule has 71 heavy (non-hydrogen) atoms. The minimum atomic E-state index is -2.07. The van der Waals surface area contributed by atoms with E-state index in [0.29, 0.717) is 17.8 Å². The van der Waals surface area contributed by atoms with Gasteiger partial charge in [0, 0.05) is 23.5 Å². The number of thiol groups is 1. The highest BCUT2D eigenvalue weighted by molar-refractivity contribution is 7.80. The molecule has 0 saturated carbocycles. The summed E-state index contributed by atoms with van der Waals surface area (Å²) in [7, 11) is 0. The van der Waals surface area contributed by atoms with E-state index in [1.165, 1.54) is 18.3 Å². The maximum Gasteiger partial charge on any atom is 0.327 e. The first-order valence-electron chi connectivity index (χ1n) is 21.2. The Kier molecular flexibility index (Phi) is 21.9. The Bertz CT molecular complexity index is 2560. The SMILES string of the molecule is CCC[C@H](NC(=O)c1ccc(NCc2cnc3nc(N)[nH]c(=O)c3n2)cc1)C(=O)N[C@@H](CC(=O)O)C(=O)N[C@@H](CCCN=C(N)N)C(=O)N[C@@H](CC(=O)O)C(=O)N[C@@H](CC(=O)O)C(=O)N[C@@H](CS)C(=O)O. The number of carboxylic acid groups (broad SMARTS) is 4. The largest absolute Gasteiger partial charge is 0.481 e. The second kappa shape index (κ2) is 27.4. The summed E-state index contributed by atoms with van der Waals surface area (Å²) < 4.78 is 0.